The van der Waals surface area contributed by atoms with E-state index in [0.717, 1.165) is 44.2 Å². The summed E-state index contributed by atoms with van der Waals surface area (Å²) >= 11 is 0. The molecule has 1 aromatic heterocycles. The van der Waals surface area contributed by atoms with Gasteiger partial charge in [0.25, 0.3) is 0 Å². The van der Waals surface area contributed by atoms with Crippen LogP contribution >= 0.6 is 0 Å². The lowest BCUT2D eigenvalue weighted by molar-refractivity contribution is 0.402. The number of H-pyrrole nitrogens is 1. The molecule has 2 aliphatic carbocycles. The molecule has 0 spiro atoms. The highest BCUT2D eigenvalue weighted by Crippen LogP contribution is 2.39. The van der Waals surface area contributed by atoms with Gasteiger partial charge in [-0.15, -0.1) is 5.10 Å². The lowest BCUT2D eigenvalue weighted by Crippen LogP contribution is -2.06. The van der Waals surface area contributed by atoms with Crippen molar-refractivity contribution in [3.8, 4) is 5.75 Å². The van der Waals surface area contributed by atoms with Crippen LogP contribution in [0.4, 0.5) is 11.6 Å². The number of aromatic amines is 1. The number of methoxy groups -OCH3 is 1. The molecule has 3 aromatic rings. The van der Waals surface area contributed by atoms with Crippen molar-refractivity contribution < 1.29 is 13.2 Å². The number of benzene rings is 2. The highest BCUT2D eigenvalue weighted by Gasteiger charge is 2.28. The first-order valence-electron chi connectivity index (χ1n) is 9.82. The molecule has 2 N–H and O–H groups in total. The van der Waals surface area contributed by atoms with Crippen LogP contribution in [0.2, 0.25) is 0 Å². The number of rotatable bonds is 5. The molecule has 0 atom stereocenters. The Hall–Kier alpha value is -2.87. The van der Waals surface area contributed by atoms with Gasteiger partial charge in [0.15, 0.2) is 0 Å². The third-order valence-electron chi connectivity index (χ3n) is 5.79. The van der Waals surface area contributed by atoms with E-state index in [-0.39, 0.29) is 21.7 Å². The van der Waals surface area contributed by atoms with Gasteiger partial charge < -0.3 is 10.1 Å². The van der Waals surface area contributed by atoms with E-state index in [9.17, 15) is 8.42 Å². The Balaban J connectivity index is 1.51. The normalized spacial score (nSPS) is 15.2. The monoisotopic (exact) mass is 410 g/mol. The second-order valence-electron chi connectivity index (χ2n) is 7.48. The molecule has 5 rings (SSSR count). The molecule has 0 bridgehead atoms. The number of nitrogens with one attached hydrogen (secondary N) is 2. The van der Waals surface area contributed by atoms with Gasteiger partial charge in [-0.3, -0.25) is 0 Å². The van der Waals surface area contributed by atoms with E-state index in [2.05, 4.69) is 26.6 Å². The average molecular weight is 410 g/mol. The van der Waals surface area contributed by atoms with Crippen molar-refractivity contribution in [1.29, 1.82) is 0 Å². The summed E-state index contributed by atoms with van der Waals surface area (Å²) in [5.41, 5.74) is 6.51. The maximum atomic E-state index is 13.0. The van der Waals surface area contributed by atoms with E-state index in [0.29, 0.717) is 0 Å². The van der Waals surface area contributed by atoms with Gasteiger partial charge in [0.1, 0.15) is 10.6 Å². The molecule has 0 unspecified atom stereocenters. The molecule has 0 saturated heterocycles. The number of sulfone groups is 1. The molecule has 0 radical (unpaired) electrons. The fraction of sp³-hybridized carbons (Fsp3) is 0.333. The van der Waals surface area contributed by atoms with Crippen molar-refractivity contribution >= 4 is 21.5 Å². The number of anilines is 2. The fourth-order valence-electron chi connectivity index (χ4n) is 4.45. The van der Waals surface area contributed by atoms with Crippen LogP contribution in [0, 0.1) is 0 Å². The molecule has 0 fully saturated rings. The van der Waals surface area contributed by atoms with E-state index in [1.807, 2.05) is 0 Å². The standard InChI is InChI=1S/C21H22N4O3S/c1-28-17-10-2-3-11-18(17)29(26,27)21-23-20(24-25-21)22-19-15-8-4-6-13(15)12-14-7-5-9-16(14)19/h2-3,10-12H,4-9H2,1H3,(H2,22,23,24,25). The van der Waals surface area contributed by atoms with Crippen molar-refractivity contribution in [2.45, 2.75) is 48.6 Å². The van der Waals surface area contributed by atoms with E-state index in [4.69, 9.17) is 4.74 Å². The summed E-state index contributed by atoms with van der Waals surface area (Å²) in [6.07, 6.45) is 6.55. The Kier molecular flexibility index (Phi) is 4.31. The zero-order valence-corrected chi connectivity index (χ0v) is 17.0. The summed E-state index contributed by atoms with van der Waals surface area (Å²) in [6, 6.07) is 8.84. The molecule has 1 heterocycles. The Bertz CT molecular complexity index is 1170. The van der Waals surface area contributed by atoms with Crippen LogP contribution in [-0.4, -0.2) is 30.7 Å². The average Bonchev–Trinajstić information content (AvgIpc) is 3.48. The lowest BCUT2D eigenvalue weighted by Gasteiger charge is -2.15. The maximum Gasteiger partial charge on any atom is 0.249 e. The Morgan fingerprint density at radius 1 is 1.03 bits per heavy atom. The van der Waals surface area contributed by atoms with Crippen LogP contribution in [0.3, 0.4) is 0 Å². The fourth-order valence-corrected chi connectivity index (χ4v) is 5.70. The minimum absolute atomic E-state index is 0.0618. The number of para-hydroxylation sites is 1. The first kappa shape index (κ1) is 18.2. The summed E-state index contributed by atoms with van der Waals surface area (Å²) in [4.78, 5) is 4.32. The second kappa shape index (κ2) is 6.88. The number of fused-ring (bicyclic) bond motifs is 2. The van der Waals surface area contributed by atoms with Gasteiger partial charge in [0.05, 0.1) is 7.11 Å². The molecule has 0 aliphatic heterocycles. The van der Waals surface area contributed by atoms with Crippen LogP contribution in [-0.2, 0) is 35.5 Å². The van der Waals surface area contributed by atoms with Crippen molar-refractivity contribution in [2.75, 3.05) is 12.4 Å². The molecule has 29 heavy (non-hydrogen) atoms. The molecule has 8 heteroatoms. The second-order valence-corrected chi connectivity index (χ2v) is 9.31. The Labute approximate surface area is 169 Å². The molecule has 2 aliphatic rings. The topological polar surface area (TPSA) is 97.0 Å². The number of nitrogens with zero attached hydrogens (tertiary/aromatic N) is 2. The number of aryl methyl sites for hydroxylation is 2. The molecule has 7 nitrogen and oxygen atoms in total. The highest BCUT2D eigenvalue weighted by molar-refractivity contribution is 7.91. The zero-order valence-electron chi connectivity index (χ0n) is 16.2. The van der Waals surface area contributed by atoms with Gasteiger partial charge in [-0.1, -0.05) is 18.2 Å². The van der Waals surface area contributed by atoms with Crippen molar-refractivity contribution in [1.82, 2.24) is 15.2 Å². The van der Waals surface area contributed by atoms with Crippen molar-refractivity contribution in [3.05, 3.63) is 52.6 Å². The first-order valence-corrected chi connectivity index (χ1v) is 11.3. The van der Waals surface area contributed by atoms with E-state index in [1.54, 1.807) is 18.2 Å². The Morgan fingerprint density at radius 2 is 1.72 bits per heavy atom. The summed E-state index contributed by atoms with van der Waals surface area (Å²) < 4.78 is 31.2. The van der Waals surface area contributed by atoms with E-state index in [1.165, 1.54) is 35.4 Å². The Morgan fingerprint density at radius 3 is 2.41 bits per heavy atom. The molecule has 150 valence electrons. The van der Waals surface area contributed by atoms with Crippen LogP contribution < -0.4 is 10.1 Å². The van der Waals surface area contributed by atoms with Crippen molar-refractivity contribution in [3.63, 3.8) is 0 Å². The molecule has 0 saturated carbocycles. The third-order valence-corrected chi connectivity index (χ3v) is 7.40. The minimum Gasteiger partial charge on any atom is -0.495 e. The highest BCUT2D eigenvalue weighted by atomic mass is 32.2. The predicted octanol–water partition coefficient (Wildman–Crippen LogP) is 3.37. The lowest BCUT2D eigenvalue weighted by atomic mass is 9.99. The van der Waals surface area contributed by atoms with Gasteiger partial charge in [-0.05, 0) is 72.9 Å². The molecule has 0 amide bonds. The quantitative estimate of drug-likeness (QED) is 0.669. The van der Waals surface area contributed by atoms with E-state index < -0.39 is 9.84 Å². The van der Waals surface area contributed by atoms with Gasteiger partial charge in [-0.2, -0.15) is 4.98 Å². The van der Waals surface area contributed by atoms with Gasteiger partial charge in [-0.25, -0.2) is 13.5 Å². The summed E-state index contributed by atoms with van der Waals surface area (Å²) in [5.74, 6) is 0.546. The van der Waals surface area contributed by atoms with Crippen LogP contribution in [0.1, 0.15) is 35.1 Å². The SMILES string of the molecule is COc1ccccc1S(=O)(=O)c1nc(Nc2c3c(cc4c2CCC4)CCC3)n[nH]1. The largest absolute Gasteiger partial charge is 0.495 e. The third kappa shape index (κ3) is 2.98. The smallest absolute Gasteiger partial charge is 0.249 e. The van der Waals surface area contributed by atoms with Crippen LogP contribution in [0.15, 0.2) is 40.4 Å². The number of hydrogen-bond donors (Lipinski definition) is 2. The van der Waals surface area contributed by atoms with Crippen LogP contribution in [0.25, 0.3) is 0 Å². The maximum absolute atomic E-state index is 13.0. The number of hydrogen-bond acceptors (Lipinski definition) is 6. The minimum atomic E-state index is -3.87. The number of aromatic nitrogens is 3. The predicted molar refractivity (Wildman–Crippen MR) is 109 cm³/mol. The van der Waals surface area contributed by atoms with Crippen molar-refractivity contribution in [2.24, 2.45) is 0 Å². The van der Waals surface area contributed by atoms with Gasteiger partial charge >= 0.3 is 0 Å². The zero-order chi connectivity index (χ0) is 20.0. The summed E-state index contributed by atoms with van der Waals surface area (Å²) in [6.45, 7) is 0. The van der Waals surface area contributed by atoms with Gasteiger partial charge in [0.2, 0.25) is 20.9 Å². The van der Waals surface area contributed by atoms with Crippen LogP contribution in [0.5, 0.6) is 5.75 Å². The van der Waals surface area contributed by atoms with E-state index >= 15 is 0 Å². The molecular weight excluding hydrogens is 388 g/mol. The molecule has 2 aromatic carbocycles. The number of ether oxygens (including phenoxy) is 1. The summed E-state index contributed by atoms with van der Waals surface area (Å²) in [5, 5.41) is 9.85. The molecular formula is C21H22N4O3S. The first-order chi connectivity index (χ1) is 14.1. The summed E-state index contributed by atoms with van der Waals surface area (Å²) in [7, 11) is -2.43. The van der Waals surface area contributed by atoms with Gasteiger partial charge in [0, 0.05) is 5.69 Å².